The molecule has 0 radical (unpaired) electrons. The van der Waals surface area contributed by atoms with Crippen LogP contribution in [-0.4, -0.2) is 14.8 Å². The van der Waals surface area contributed by atoms with Gasteiger partial charge in [-0.3, -0.25) is 5.10 Å². The minimum atomic E-state index is -1.52. The molecule has 0 spiro atoms. The Labute approximate surface area is 93.5 Å². The van der Waals surface area contributed by atoms with Crippen LogP contribution in [0.1, 0.15) is 0 Å². The molecule has 1 heterocycles. The predicted molar refractivity (Wildman–Crippen MR) is 53.7 cm³/mol. The van der Waals surface area contributed by atoms with Crippen molar-refractivity contribution < 1.29 is 13.2 Å². The van der Waals surface area contributed by atoms with Gasteiger partial charge in [-0.15, -0.1) is 0 Å². The van der Waals surface area contributed by atoms with Crippen molar-refractivity contribution in [1.82, 2.24) is 14.8 Å². The highest BCUT2D eigenvalue weighted by Crippen LogP contribution is 2.23. The second kappa shape index (κ2) is 3.75. The standard InChI is InChI=1S/C9H6F3N3S/c1-15-8(13-14-9(15)16)4-2-3-5(10)7(12)6(4)11/h2-3H,1H3,(H,14,16). The Kier molecular flexibility index (Phi) is 2.55. The van der Waals surface area contributed by atoms with Crippen molar-refractivity contribution in [1.29, 1.82) is 0 Å². The fraction of sp³-hybridized carbons (Fsp3) is 0.111. The van der Waals surface area contributed by atoms with Crippen LogP contribution in [0.25, 0.3) is 11.4 Å². The van der Waals surface area contributed by atoms with E-state index in [9.17, 15) is 13.2 Å². The van der Waals surface area contributed by atoms with E-state index >= 15 is 0 Å². The molecule has 0 aliphatic rings. The Morgan fingerprint density at radius 3 is 2.50 bits per heavy atom. The number of nitrogens with zero attached hydrogens (tertiary/aromatic N) is 2. The van der Waals surface area contributed by atoms with E-state index in [0.29, 0.717) is 0 Å². The topological polar surface area (TPSA) is 33.6 Å². The molecule has 2 aromatic rings. The largest absolute Gasteiger partial charge is 0.303 e. The van der Waals surface area contributed by atoms with Crippen LogP contribution < -0.4 is 0 Å². The molecule has 1 aromatic heterocycles. The van der Waals surface area contributed by atoms with Crippen molar-refractivity contribution in [3.8, 4) is 11.4 Å². The molecule has 0 unspecified atom stereocenters. The second-order valence-corrected chi connectivity index (χ2v) is 3.52. The lowest BCUT2D eigenvalue weighted by atomic mass is 10.2. The van der Waals surface area contributed by atoms with Gasteiger partial charge in [0.1, 0.15) is 0 Å². The summed E-state index contributed by atoms with van der Waals surface area (Å²) in [6.07, 6.45) is 0. The first-order valence-corrected chi connectivity index (χ1v) is 4.68. The third kappa shape index (κ3) is 1.53. The van der Waals surface area contributed by atoms with Crippen molar-refractivity contribution in [3.63, 3.8) is 0 Å². The first-order valence-electron chi connectivity index (χ1n) is 4.27. The summed E-state index contributed by atoms with van der Waals surface area (Å²) in [4.78, 5) is 0. The van der Waals surface area contributed by atoms with Crippen LogP contribution in [0, 0.1) is 22.2 Å². The fourth-order valence-corrected chi connectivity index (χ4v) is 1.42. The van der Waals surface area contributed by atoms with Crippen molar-refractivity contribution in [3.05, 3.63) is 34.4 Å². The lowest BCUT2D eigenvalue weighted by Gasteiger charge is -2.03. The van der Waals surface area contributed by atoms with Crippen molar-refractivity contribution in [2.45, 2.75) is 0 Å². The highest BCUT2D eigenvalue weighted by Gasteiger charge is 2.17. The maximum absolute atomic E-state index is 13.4. The van der Waals surface area contributed by atoms with E-state index in [1.165, 1.54) is 4.57 Å². The number of nitrogens with one attached hydrogen (secondary N) is 1. The Morgan fingerprint density at radius 1 is 1.25 bits per heavy atom. The monoisotopic (exact) mass is 245 g/mol. The molecule has 0 amide bonds. The molecule has 1 aromatic carbocycles. The Bertz CT molecular complexity index is 603. The quantitative estimate of drug-likeness (QED) is 0.618. The van der Waals surface area contributed by atoms with Gasteiger partial charge in [-0.05, 0) is 24.4 Å². The average molecular weight is 245 g/mol. The van der Waals surface area contributed by atoms with Crippen molar-refractivity contribution >= 4 is 12.2 Å². The minimum absolute atomic E-state index is 0.112. The van der Waals surface area contributed by atoms with Crippen LogP contribution in [0.3, 0.4) is 0 Å². The van der Waals surface area contributed by atoms with Crippen LogP contribution >= 0.6 is 12.2 Å². The summed E-state index contributed by atoms with van der Waals surface area (Å²) < 4.78 is 40.8. The van der Waals surface area contributed by atoms with Gasteiger partial charge in [0.2, 0.25) is 0 Å². The average Bonchev–Trinajstić information content (AvgIpc) is 2.58. The zero-order valence-electron chi connectivity index (χ0n) is 8.09. The van der Waals surface area contributed by atoms with Crippen LogP contribution in [0.15, 0.2) is 12.1 Å². The lowest BCUT2D eigenvalue weighted by molar-refractivity contribution is 0.448. The number of rotatable bonds is 1. The highest BCUT2D eigenvalue weighted by molar-refractivity contribution is 7.71. The van der Waals surface area contributed by atoms with Gasteiger partial charge in [-0.25, -0.2) is 13.2 Å². The van der Waals surface area contributed by atoms with E-state index in [-0.39, 0.29) is 16.2 Å². The molecule has 84 valence electrons. The fourth-order valence-electron chi connectivity index (χ4n) is 1.29. The number of H-pyrrole nitrogens is 1. The Morgan fingerprint density at radius 2 is 1.94 bits per heavy atom. The molecule has 1 N–H and O–H groups in total. The number of aromatic nitrogens is 3. The molecule has 0 bridgehead atoms. The molecule has 0 fully saturated rings. The first-order chi connectivity index (χ1) is 7.52. The second-order valence-electron chi connectivity index (χ2n) is 3.13. The van der Waals surface area contributed by atoms with Crippen molar-refractivity contribution in [2.24, 2.45) is 7.05 Å². The summed E-state index contributed by atoms with van der Waals surface area (Å²) >= 11 is 4.83. The highest BCUT2D eigenvalue weighted by atomic mass is 32.1. The third-order valence-corrected chi connectivity index (χ3v) is 2.52. The van der Waals surface area contributed by atoms with E-state index in [4.69, 9.17) is 12.2 Å². The zero-order chi connectivity index (χ0) is 11.9. The molecule has 2 rings (SSSR count). The number of benzene rings is 1. The van der Waals surface area contributed by atoms with Gasteiger partial charge >= 0.3 is 0 Å². The first kappa shape index (κ1) is 10.9. The van der Waals surface area contributed by atoms with Gasteiger partial charge in [-0.1, -0.05) is 0 Å². The van der Waals surface area contributed by atoms with Crippen LogP contribution in [0.4, 0.5) is 13.2 Å². The molecule has 0 saturated carbocycles. The minimum Gasteiger partial charge on any atom is -0.303 e. The van der Waals surface area contributed by atoms with Crippen LogP contribution in [-0.2, 0) is 7.05 Å². The maximum atomic E-state index is 13.4. The normalized spacial score (nSPS) is 10.8. The number of halogens is 3. The van der Waals surface area contributed by atoms with Crippen LogP contribution in [0.5, 0.6) is 0 Å². The summed E-state index contributed by atoms with van der Waals surface area (Å²) in [6.45, 7) is 0. The third-order valence-electron chi connectivity index (χ3n) is 2.16. The lowest BCUT2D eigenvalue weighted by Crippen LogP contribution is -1.99. The summed E-state index contributed by atoms with van der Waals surface area (Å²) in [5.41, 5.74) is -0.145. The molecule has 16 heavy (non-hydrogen) atoms. The molecular formula is C9H6F3N3S. The van der Waals surface area contributed by atoms with Gasteiger partial charge in [0.15, 0.2) is 28.0 Å². The molecule has 0 aliphatic carbocycles. The molecule has 0 saturated heterocycles. The van der Waals surface area contributed by atoms with Gasteiger partial charge in [-0.2, -0.15) is 5.10 Å². The zero-order valence-corrected chi connectivity index (χ0v) is 8.91. The molecule has 7 heteroatoms. The van der Waals surface area contributed by atoms with E-state index < -0.39 is 17.5 Å². The van der Waals surface area contributed by atoms with Gasteiger partial charge in [0.05, 0.1) is 5.56 Å². The number of hydrogen-bond acceptors (Lipinski definition) is 2. The van der Waals surface area contributed by atoms with Crippen LogP contribution in [0.2, 0.25) is 0 Å². The Hall–Kier alpha value is -1.63. The van der Waals surface area contributed by atoms with E-state index in [1.54, 1.807) is 7.05 Å². The summed E-state index contributed by atoms with van der Waals surface area (Å²) in [7, 11) is 1.54. The van der Waals surface area contributed by atoms with E-state index in [0.717, 1.165) is 12.1 Å². The smallest absolute Gasteiger partial charge is 0.195 e. The van der Waals surface area contributed by atoms with Gasteiger partial charge in [0, 0.05) is 7.05 Å². The SMILES string of the molecule is Cn1c(-c2ccc(F)c(F)c2F)n[nH]c1=S. The summed E-state index contributed by atoms with van der Waals surface area (Å²) in [6, 6.07) is 1.95. The molecular weight excluding hydrogens is 239 g/mol. The number of hydrogen-bond donors (Lipinski definition) is 1. The van der Waals surface area contributed by atoms with Gasteiger partial charge < -0.3 is 4.57 Å². The predicted octanol–water partition coefficient (Wildman–Crippen LogP) is 2.56. The summed E-state index contributed by atoms with van der Waals surface area (Å²) in [5.74, 6) is -3.93. The Balaban J connectivity index is 2.70. The van der Waals surface area contributed by atoms with Crippen molar-refractivity contribution in [2.75, 3.05) is 0 Å². The molecule has 0 atom stereocenters. The summed E-state index contributed by atoms with van der Waals surface area (Å²) in [5, 5.41) is 6.16. The van der Waals surface area contributed by atoms with E-state index in [1.807, 2.05) is 0 Å². The maximum Gasteiger partial charge on any atom is 0.195 e. The van der Waals surface area contributed by atoms with E-state index in [2.05, 4.69) is 10.2 Å². The number of aromatic amines is 1. The molecule has 0 aliphatic heterocycles. The van der Waals surface area contributed by atoms with Gasteiger partial charge in [0.25, 0.3) is 0 Å². The molecule has 3 nitrogen and oxygen atoms in total.